The number of hydrogen-bond acceptors (Lipinski definition) is 2. The van der Waals surface area contributed by atoms with E-state index in [1.54, 1.807) is 11.8 Å². The normalized spacial score (nSPS) is 11.6. The van der Waals surface area contributed by atoms with Gasteiger partial charge >= 0.3 is 0 Å². The van der Waals surface area contributed by atoms with E-state index >= 15 is 0 Å². The number of benzene rings is 1. The summed E-state index contributed by atoms with van der Waals surface area (Å²) >= 11 is 5.99. The van der Waals surface area contributed by atoms with Crippen LogP contribution in [0.2, 0.25) is 0 Å². The van der Waals surface area contributed by atoms with Gasteiger partial charge in [-0.25, -0.2) is 0 Å². The van der Waals surface area contributed by atoms with Crippen LogP contribution in [-0.2, 0) is 0 Å². The van der Waals surface area contributed by atoms with Crippen LogP contribution in [0.25, 0.3) is 5.57 Å². The van der Waals surface area contributed by atoms with Gasteiger partial charge in [-0.15, -0.1) is 24.4 Å². The van der Waals surface area contributed by atoms with Crippen LogP contribution in [0.15, 0.2) is 40.0 Å². The van der Waals surface area contributed by atoms with Gasteiger partial charge in [0, 0.05) is 4.90 Å². The quantitative estimate of drug-likeness (QED) is 0.727. The number of thioether (sulfide) groups is 1. The van der Waals surface area contributed by atoms with Gasteiger partial charge in [0.05, 0.1) is 0 Å². The Labute approximate surface area is 102 Å². The van der Waals surface area contributed by atoms with Crippen molar-refractivity contribution in [1.29, 1.82) is 0 Å². The molecule has 1 rings (SSSR count). The van der Waals surface area contributed by atoms with Gasteiger partial charge in [0.15, 0.2) is 0 Å². The molecule has 0 bridgehead atoms. The zero-order valence-corrected chi connectivity index (χ0v) is 11.1. The Morgan fingerprint density at radius 1 is 1.40 bits per heavy atom. The van der Waals surface area contributed by atoms with Crippen molar-refractivity contribution in [2.75, 3.05) is 0 Å². The summed E-state index contributed by atoms with van der Waals surface area (Å²) in [5.41, 5.74) is 3.81. The maximum absolute atomic E-state index is 4.32. The summed E-state index contributed by atoms with van der Waals surface area (Å²) in [6.07, 6.45) is 0. The zero-order chi connectivity index (χ0) is 11.4. The smallest absolute Gasteiger partial charge is 0.00430 e. The summed E-state index contributed by atoms with van der Waals surface area (Å²) in [7, 11) is 0. The van der Waals surface area contributed by atoms with E-state index in [9.17, 15) is 0 Å². The van der Waals surface area contributed by atoms with Crippen LogP contribution < -0.4 is 0 Å². The van der Waals surface area contributed by atoms with Gasteiger partial charge in [-0.1, -0.05) is 12.6 Å². The fourth-order valence-corrected chi connectivity index (χ4v) is 2.12. The molecule has 1 aromatic rings. The molecule has 0 spiro atoms. The molecule has 0 atom stereocenters. The molecule has 0 saturated heterocycles. The topological polar surface area (TPSA) is 0 Å². The van der Waals surface area contributed by atoms with Crippen LogP contribution in [0.3, 0.4) is 0 Å². The lowest BCUT2D eigenvalue weighted by atomic mass is 10.0. The first-order valence-electron chi connectivity index (χ1n) is 4.79. The first-order valence-corrected chi connectivity index (χ1v) is 6.12. The molecule has 0 aliphatic carbocycles. The van der Waals surface area contributed by atoms with Crippen molar-refractivity contribution in [1.82, 2.24) is 0 Å². The third-order valence-electron chi connectivity index (χ3n) is 2.07. The molecular formula is C13H16S2. The van der Waals surface area contributed by atoms with Gasteiger partial charge in [-0.05, 0) is 59.9 Å². The molecule has 0 saturated carbocycles. The van der Waals surface area contributed by atoms with E-state index in [2.05, 4.69) is 50.6 Å². The Hall–Kier alpha value is -0.600. The largest absolute Gasteiger partial charge is 0.143 e. The standard InChI is InChI=1S/C13H16S2/c1-9(2)15-8-11(4)13-6-5-12(14)7-10(13)3/h5-8,14H,1H2,2-4H3/b11-8+. The summed E-state index contributed by atoms with van der Waals surface area (Å²) in [6, 6.07) is 6.22. The maximum atomic E-state index is 4.32. The number of hydrogen-bond donors (Lipinski definition) is 1. The molecule has 0 aromatic heterocycles. The Kier molecular flexibility index (Phi) is 4.55. The van der Waals surface area contributed by atoms with Crippen LogP contribution >= 0.6 is 24.4 Å². The van der Waals surface area contributed by atoms with Gasteiger partial charge in [0.2, 0.25) is 0 Å². The summed E-state index contributed by atoms with van der Waals surface area (Å²) in [5, 5.41) is 2.14. The lowest BCUT2D eigenvalue weighted by Crippen LogP contribution is -1.85. The molecule has 15 heavy (non-hydrogen) atoms. The van der Waals surface area contributed by atoms with Gasteiger partial charge in [-0.2, -0.15) is 0 Å². The third-order valence-corrected chi connectivity index (χ3v) is 3.22. The van der Waals surface area contributed by atoms with Crippen LogP contribution in [0.1, 0.15) is 25.0 Å². The second-order valence-corrected chi connectivity index (χ2v) is 5.30. The molecule has 0 nitrogen and oxygen atoms in total. The fourth-order valence-electron chi connectivity index (χ4n) is 1.34. The van der Waals surface area contributed by atoms with Crippen molar-refractivity contribution in [2.24, 2.45) is 0 Å². The minimum Gasteiger partial charge on any atom is -0.143 e. The van der Waals surface area contributed by atoms with E-state index < -0.39 is 0 Å². The van der Waals surface area contributed by atoms with Crippen LogP contribution in [0.4, 0.5) is 0 Å². The minimum atomic E-state index is 1.01. The predicted octanol–water partition coefficient (Wildman–Crippen LogP) is 4.91. The number of aryl methyl sites for hydroxylation is 1. The van der Waals surface area contributed by atoms with E-state index in [4.69, 9.17) is 0 Å². The molecule has 1 aromatic carbocycles. The van der Waals surface area contributed by atoms with Crippen molar-refractivity contribution in [2.45, 2.75) is 25.7 Å². The van der Waals surface area contributed by atoms with Crippen molar-refractivity contribution >= 4 is 30.0 Å². The summed E-state index contributed by atoms with van der Waals surface area (Å²) in [5.74, 6) is 0. The maximum Gasteiger partial charge on any atom is 0.00430 e. The lowest BCUT2D eigenvalue weighted by molar-refractivity contribution is 1.33. The second-order valence-electron chi connectivity index (χ2n) is 3.62. The monoisotopic (exact) mass is 236 g/mol. The van der Waals surface area contributed by atoms with Crippen LogP contribution in [0, 0.1) is 6.92 Å². The second kappa shape index (κ2) is 5.47. The van der Waals surface area contributed by atoms with Crippen molar-refractivity contribution in [3.63, 3.8) is 0 Å². The molecule has 0 amide bonds. The average Bonchev–Trinajstić information content (AvgIpc) is 2.14. The number of thiol groups is 1. The van der Waals surface area contributed by atoms with E-state index in [1.807, 2.05) is 13.0 Å². The van der Waals surface area contributed by atoms with Crippen LogP contribution in [-0.4, -0.2) is 0 Å². The third kappa shape index (κ3) is 3.80. The molecule has 80 valence electrons. The van der Waals surface area contributed by atoms with Crippen molar-refractivity contribution in [3.8, 4) is 0 Å². The average molecular weight is 236 g/mol. The summed E-state index contributed by atoms with van der Waals surface area (Å²) < 4.78 is 0. The highest BCUT2D eigenvalue weighted by atomic mass is 32.2. The summed E-state index contributed by atoms with van der Waals surface area (Å²) in [6.45, 7) is 10.1. The number of allylic oxidation sites excluding steroid dienone is 2. The van der Waals surface area contributed by atoms with E-state index in [1.165, 1.54) is 16.7 Å². The van der Waals surface area contributed by atoms with Gasteiger partial charge in [0.1, 0.15) is 0 Å². The molecule has 2 heteroatoms. The van der Waals surface area contributed by atoms with E-state index in [0.29, 0.717) is 0 Å². The Morgan fingerprint density at radius 2 is 2.07 bits per heavy atom. The molecule has 0 aliphatic heterocycles. The molecule has 0 aliphatic rings. The highest BCUT2D eigenvalue weighted by Gasteiger charge is 2.00. The van der Waals surface area contributed by atoms with Crippen molar-refractivity contribution in [3.05, 3.63) is 46.2 Å². The highest BCUT2D eigenvalue weighted by Crippen LogP contribution is 2.25. The van der Waals surface area contributed by atoms with Gasteiger partial charge in [-0.3, -0.25) is 0 Å². The van der Waals surface area contributed by atoms with E-state index in [-0.39, 0.29) is 0 Å². The summed E-state index contributed by atoms with van der Waals surface area (Å²) in [4.78, 5) is 2.12. The van der Waals surface area contributed by atoms with E-state index in [0.717, 1.165) is 9.80 Å². The Morgan fingerprint density at radius 3 is 2.60 bits per heavy atom. The molecule has 0 fully saturated rings. The van der Waals surface area contributed by atoms with Crippen LogP contribution in [0.5, 0.6) is 0 Å². The first kappa shape index (κ1) is 12.5. The minimum absolute atomic E-state index is 1.01. The lowest BCUT2D eigenvalue weighted by Gasteiger charge is -2.06. The SMILES string of the molecule is C=C(C)S/C=C(\C)c1ccc(S)cc1C. The Bertz CT molecular complexity index is 403. The highest BCUT2D eigenvalue weighted by molar-refractivity contribution is 8.05. The first-order chi connectivity index (χ1) is 7.00. The molecule has 0 radical (unpaired) electrons. The number of rotatable bonds is 3. The molecular weight excluding hydrogens is 220 g/mol. The van der Waals surface area contributed by atoms with Gasteiger partial charge in [0.25, 0.3) is 0 Å². The molecule has 0 unspecified atom stereocenters. The van der Waals surface area contributed by atoms with Gasteiger partial charge < -0.3 is 0 Å². The molecule has 0 heterocycles. The zero-order valence-electron chi connectivity index (χ0n) is 9.37. The molecule has 0 N–H and O–H groups in total. The predicted molar refractivity (Wildman–Crippen MR) is 74.5 cm³/mol. The van der Waals surface area contributed by atoms with Crippen molar-refractivity contribution < 1.29 is 0 Å². The Balaban J connectivity index is 2.95. The fraction of sp³-hybridized carbons (Fsp3) is 0.231.